The van der Waals surface area contributed by atoms with Crippen molar-refractivity contribution < 1.29 is 0 Å². The van der Waals surface area contributed by atoms with Crippen LogP contribution in [-0.4, -0.2) is 25.0 Å². The lowest BCUT2D eigenvalue weighted by Crippen LogP contribution is -2.37. The van der Waals surface area contributed by atoms with Crippen molar-refractivity contribution in [2.45, 2.75) is 60.8 Å². The lowest BCUT2D eigenvalue weighted by atomic mass is 9.75. The summed E-state index contributed by atoms with van der Waals surface area (Å²) in [7, 11) is 2.25. The lowest BCUT2D eigenvalue weighted by Gasteiger charge is -2.38. The van der Waals surface area contributed by atoms with Gasteiger partial charge < -0.3 is 4.90 Å². The largest absolute Gasteiger partial charge is 0.306 e. The highest BCUT2D eigenvalue weighted by Gasteiger charge is 2.28. The Balaban J connectivity index is 0.000000921. The van der Waals surface area contributed by atoms with Gasteiger partial charge in [0.2, 0.25) is 0 Å². The predicted molar refractivity (Wildman–Crippen MR) is 70.3 cm³/mol. The van der Waals surface area contributed by atoms with Gasteiger partial charge in [-0.05, 0) is 43.7 Å². The van der Waals surface area contributed by atoms with Crippen LogP contribution in [0, 0.1) is 10.8 Å². The molecule has 0 radical (unpaired) electrons. The average Bonchev–Trinajstić information content (AvgIpc) is 2.14. The first-order valence-corrected chi connectivity index (χ1v) is 6.49. The van der Waals surface area contributed by atoms with Gasteiger partial charge in [-0.25, -0.2) is 0 Å². The minimum absolute atomic E-state index is 0.506. The van der Waals surface area contributed by atoms with Gasteiger partial charge in [0.15, 0.2) is 0 Å². The van der Waals surface area contributed by atoms with Crippen LogP contribution in [0.4, 0.5) is 0 Å². The van der Waals surface area contributed by atoms with Gasteiger partial charge in [-0.3, -0.25) is 0 Å². The summed E-state index contributed by atoms with van der Waals surface area (Å²) in [5.41, 5.74) is 1.05. The van der Waals surface area contributed by atoms with Crippen LogP contribution >= 0.6 is 0 Å². The Morgan fingerprint density at radius 1 is 0.800 bits per heavy atom. The number of hydrogen-bond donors (Lipinski definition) is 0. The fourth-order valence-corrected chi connectivity index (χ4v) is 2.18. The fraction of sp³-hybridized carbons (Fsp3) is 1.00. The van der Waals surface area contributed by atoms with E-state index in [2.05, 4.69) is 39.6 Å². The number of likely N-dealkylation sites (tertiary alicyclic amines) is 1. The van der Waals surface area contributed by atoms with Gasteiger partial charge in [-0.1, -0.05) is 41.5 Å². The molecular formula is C14H31N. The maximum Gasteiger partial charge on any atom is 0.00296 e. The fourth-order valence-electron chi connectivity index (χ4n) is 2.18. The van der Waals surface area contributed by atoms with Crippen molar-refractivity contribution in [2.75, 3.05) is 20.1 Å². The van der Waals surface area contributed by atoms with Gasteiger partial charge in [-0.2, -0.15) is 0 Å². The Morgan fingerprint density at radius 3 is 1.80 bits per heavy atom. The van der Waals surface area contributed by atoms with E-state index >= 15 is 0 Å². The molecule has 92 valence electrons. The van der Waals surface area contributed by atoms with E-state index in [1.165, 1.54) is 32.4 Å². The van der Waals surface area contributed by atoms with Crippen molar-refractivity contribution in [2.24, 2.45) is 10.8 Å². The first kappa shape index (κ1) is 15.0. The molecule has 0 spiro atoms. The molecule has 1 fully saturated rings. The topological polar surface area (TPSA) is 3.24 Å². The van der Waals surface area contributed by atoms with Crippen molar-refractivity contribution in [3.8, 4) is 0 Å². The summed E-state index contributed by atoms with van der Waals surface area (Å²) < 4.78 is 0. The van der Waals surface area contributed by atoms with Crippen molar-refractivity contribution in [1.82, 2.24) is 4.90 Å². The Morgan fingerprint density at radius 2 is 1.27 bits per heavy atom. The number of nitrogens with zero attached hydrogens (tertiary/aromatic N) is 1. The van der Waals surface area contributed by atoms with Crippen LogP contribution < -0.4 is 0 Å². The molecule has 0 aliphatic carbocycles. The van der Waals surface area contributed by atoms with E-state index in [1.807, 2.05) is 13.8 Å². The molecule has 0 amide bonds. The summed E-state index contributed by atoms with van der Waals surface area (Å²) in [6, 6.07) is 0. The molecule has 0 aromatic heterocycles. The summed E-state index contributed by atoms with van der Waals surface area (Å²) in [6.07, 6.45) is 4.10. The van der Waals surface area contributed by atoms with E-state index in [9.17, 15) is 0 Å². The smallest absolute Gasteiger partial charge is 0.00296 e. The molecule has 0 unspecified atom stereocenters. The van der Waals surface area contributed by atoms with E-state index < -0.39 is 0 Å². The lowest BCUT2D eigenvalue weighted by molar-refractivity contribution is 0.118. The molecular weight excluding hydrogens is 182 g/mol. The van der Waals surface area contributed by atoms with E-state index in [-0.39, 0.29) is 0 Å². The summed E-state index contributed by atoms with van der Waals surface area (Å²) in [5.74, 6) is 0. The molecule has 0 aromatic carbocycles. The molecule has 0 atom stereocenters. The molecule has 1 heterocycles. The minimum Gasteiger partial charge on any atom is -0.306 e. The van der Waals surface area contributed by atoms with Crippen LogP contribution in [0.5, 0.6) is 0 Å². The van der Waals surface area contributed by atoms with E-state index in [1.54, 1.807) is 0 Å². The van der Waals surface area contributed by atoms with Crippen LogP contribution in [0.2, 0.25) is 0 Å². The highest BCUT2D eigenvalue weighted by molar-refractivity contribution is 4.81. The third-order valence-corrected chi connectivity index (χ3v) is 3.35. The Labute approximate surface area is 97.2 Å². The molecule has 1 saturated heterocycles. The average molecular weight is 213 g/mol. The van der Waals surface area contributed by atoms with Crippen LogP contribution in [0.3, 0.4) is 0 Å². The van der Waals surface area contributed by atoms with E-state index in [4.69, 9.17) is 0 Å². The minimum atomic E-state index is 0.506. The molecule has 0 N–H and O–H groups in total. The monoisotopic (exact) mass is 213 g/mol. The third-order valence-electron chi connectivity index (χ3n) is 3.35. The zero-order chi connectivity index (χ0) is 12.1. The van der Waals surface area contributed by atoms with Gasteiger partial charge in [0, 0.05) is 6.54 Å². The molecule has 1 nitrogen and oxygen atoms in total. The van der Waals surface area contributed by atoms with Crippen LogP contribution in [0.25, 0.3) is 0 Å². The number of rotatable bonds is 0. The molecule has 1 heteroatoms. The summed E-state index contributed by atoms with van der Waals surface area (Å²) in [6.45, 7) is 16.1. The Kier molecular flexibility index (Phi) is 5.87. The highest BCUT2D eigenvalue weighted by atomic mass is 15.1. The second-order valence-corrected chi connectivity index (χ2v) is 6.32. The van der Waals surface area contributed by atoms with E-state index in [0.717, 1.165) is 0 Å². The quantitative estimate of drug-likeness (QED) is 0.583. The Bertz CT molecular complexity index is 170. The molecule has 15 heavy (non-hydrogen) atoms. The molecule has 1 rings (SSSR count). The molecule has 0 saturated carbocycles. The second kappa shape index (κ2) is 5.89. The number of hydrogen-bond acceptors (Lipinski definition) is 1. The molecule has 0 aromatic rings. The van der Waals surface area contributed by atoms with Crippen molar-refractivity contribution in [3.05, 3.63) is 0 Å². The first-order chi connectivity index (χ1) is 6.81. The zero-order valence-electron chi connectivity index (χ0n) is 12.0. The maximum atomic E-state index is 2.49. The Hall–Kier alpha value is -0.0400. The maximum absolute atomic E-state index is 2.49. The SMILES string of the molecule is CC.CN1CCC(C)(C)CCC(C)(C)C1. The highest BCUT2D eigenvalue weighted by Crippen LogP contribution is 2.35. The van der Waals surface area contributed by atoms with Crippen molar-refractivity contribution in [1.29, 1.82) is 0 Å². The van der Waals surface area contributed by atoms with Crippen LogP contribution in [0.1, 0.15) is 60.8 Å². The van der Waals surface area contributed by atoms with Gasteiger partial charge in [0.05, 0.1) is 0 Å². The van der Waals surface area contributed by atoms with Gasteiger partial charge in [0.25, 0.3) is 0 Å². The van der Waals surface area contributed by atoms with Gasteiger partial charge in [-0.15, -0.1) is 0 Å². The summed E-state index contributed by atoms with van der Waals surface area (Å²) in [5, 5.41) is 0. The van der Waals surface area contributed by atoms with Crippen LogP contribution in [0.15, 0.2) is 0 Å². The standard InChI is InChI=1S/C12H25N.C2H6/c1-11(2)6-7-12(3,4)10-13(5)9-8-11;1-2/h6-10H2,1-5H3;1-2H3. The summed E-state index contributed by atoms with van der Waals surface area (Å²) in [4.78, 5) is 2.49. The van der Waals surface area contributed by atoms with Crippen molar-refractivity contribution >= 4 is 0 Å². The molecule has 1 aliphatic heterocycles. The summed E-state index contributed by atoms with van der Waals surface area (Å²) >= 11 is 0. The molecule has 0 bridgehead atoms. The van der Waals surface area contributed by atoms with Gasteiger partial charge >= 0.3 is 0 Å². The van der Waals surface area contributed by atoms with Crippen molar-refractivity contribution in [3.63, 3.8) is 0 Å². The zero-order valence-corrected chi connectivity index (χ0v) is 12.0. The normalized spacial score (nSPS) is 25.8. The predicted octanol–water partition coefficient (Wildman–Crippen LogP) is 4.18. The first-order valence-electron chi connectivity index (χ1n) is 6.49. The van der Waals surface area contributed by atoms with E-state index in [0.29, 0.717) is 10.8 Å². The second-order valence-electron chi connectivity index (χ2n) is 6.32. The molecule has 1 aliphatic rings. The van der Waals surface area contributed by atoms with Crippen LogP contribution in [-0.2, 0) is 0 Å². The third kappa shape index (κ3) is 6.19. The van der Waals surface area contributed by atoms with Gasteiger partial charge in [0.1, 0.15) is 0 Å².